The predicted octanol–water partition coefficient (Wildman–Crippen LogP) is 1.69. The van der Waals surface area contributed by atoms with Gasteiger partial charge in [0.1, 0.15) is 0 Å². The van der Waals surface area contributed by atoms with Gasteiger partial charge in [0, 0.05) is 19.2 Å². The van der Waals surface area contributed by atoms with Crippen LogP contribution in [0.4, 0.5) is 0 Å². The van der Waals surface area contributed by atoms with E-state index in [0.717, 1.165) is 17.4 Å². The van der Waals surface area contributed by atoms with E-state index in [1.807, 2.05) is 13.0 Å². The van der Waals surface area contributed by atoms with Crippen molar-refractivity contribution in [3.63, 3.8) is 0 Å². The molecular weight excluding hydrogens is 216 g/mol. The summed E-state index contributed by atoms with van der Waals surface area (Å²) >= 11 is 0. The van der Waals surface area contributed by atoms with Crippen LogP contribution in [0.15, 0.2) is 15.6 Å². The third kappa shape index (κ3) is 4.46. The fraction of sp³-hybridized carbons (Fsp3) is 0.667. The van der Waals surface area contributed by atoms with Crippen LogP contribution in [0.1, 0.15) is 32.2 Å². The summed E-state index contributed by atoms with van der Waals surface area (Å²) in [6, 6.07) is 2.28. The van der Waals surface area contributed by atoms with Crippen molar-refractivity contribution in [3.05, 3.63) is 17.5 Å². The van der Waals surface area contributed by atoms with E-state index in [9.17, 15) is 0 Å². The zero-order chi connectivity index (χ0) is 12.8. The fourth-order valence-corrected chi connectivity index (χ4v) is 1.25. The van der Waals surface area contributed by atoms with Gasteiger partial charge >= 0.3 is 0 Å². The lowest BCUT2D eigenvalue weighted by Crippen LogP contribution is -2.43. The highest BCUT2D eigenvalue weighted by Crippen LogP contribution is 2.02. The largest absolute Gasteiger partial charge is 0.359 e. The minimum atomic E-state index is 0.373. The van der Waals surface area contributed by atoms with E-state index in [4.69, 9.17) is 4.52 Å². The van der Waals surface area contributed by atoms with Gasteiger partial charge in [-0.25, -0.2) is 0 Å². The van der Waals surface area contributed by atoms with Crippen molar-refractivity contribution in [1.29, 1.82) is 0 Å². The minimum Gasteiger partial charge on any atom is -0.359 e. The molecule has 1 aromatic heterocycles. The maximum Gasteiger partial charge on any atom is 0.191 e. The fourth-order valence-electron chi connectivity index (χ4n) is 1.25. The number of rotatable bonds is 4. The maximum absolute atomic E-state index is 5.12. The second-order valence-corrected chi connectivity index (χ2v) is 4.54. The Balaban J connectivity index is 2.43. The molecule has 0 fully saturated rings. The van der Waals surface area contributed by atoms with Crippen molar-refractivity contribution >= 4 is 5.96 Å². The van der Waals surface area contributed by atoms with Crippen LogP contribution < -0.4 is 10.6 Å². The van der Waals surface area contributed by atoms with Gasteiger partial charge < -0.3 is 15.2 Å². The summed E-state index contributed by atoms with van der Waals surface area (Å²) in [6.07, 6.45) is 0. The van der Waals surface area contributed by atoms with E-state index in [1.54, 1.807) is 7.05 Å². The molecular formula is C12H22N4O. The molecule has 1 aromatic rings. The molecule has 0 bridgehead atoms. The van der Waals surface area contributed by atoms with Gasteiger partial charge in [-0.1, -0.05) is 19.0 Å². The third-order valence-corrected chi connectivity index (χ3v) is 2.69. The van der Waals surface area contributed by atoms with Crippen molar-refractivity contribution in [2.75, 3.05) is 7.05 Å². The molecule has 0 amide bonds. The molecule has 96 valence electrons. The smallest absolute Gasteiger partial charge is 0.191 e. The van der Waals surface area contributed by atoms with Crippen molar-refractivity contribution in [2.45, 2.75) is 40.3 Å². The van der Waals surface area contributed by atoms with Crippen LogP contribution in [0.2, 0.25) is 0 Å². The molecule has 1 unspecified atom stereocenters. The molecule has 0 saturated heterocycles. The van der Waals surface area contributed by atoms with Crippen LogP contribution in [0.5, 0.6) is 0 Å². The molecule has 1 heterocycles. The quantitative estimate of drug-likeness (QED) is 0.619. The van der Waals surface area contributed by atoms with Crippen LogP contribution in [0.3, 0.4) is 0 Å². The number of nitrogens with one attached hydrogen (secondary N) is 2. The molecule has 0 radical (unpaired) electrons. The first-order valence-electron chi connectivity index (χ1n) is 5.92. The highest BCUT2D eigenvalue weighted by atomic mass is 16.5. The minimum absolute atomic E-state index is 0.373. The van der Waals surface area contributed by atoms with E-state index in [0.29, 0.717) is 18.5 Å². The van der Waals surface area contributed by atoms with Crippen LogP contribution in [-0.2, 0) is 6.54 Å². The lowest BCUT2D eigenvalue weighted by molar-refractivity contribution is 0.375. The van der Waals surface area contributed by atoms with Crippen LogP contribution in [-0.4, -0.2) is 24.2 Å². The summed E-state index contributed by atoms with van der Waals surface area (Å²) in [5.41, 5.74) is 0.889. The molecule has 0 aromatic carbocycles. The summed E-state index contributed by atoms with van der Waals surface area (Å²) in [5.74, 6) is 2.14. The van der Waals surface area contributed by atoms with Gasteiger partial charge in [0.2, 0.25) is 0 Å². The van der Waals surface area contributed by atoms with Gasteiger partial charge in [0.15, 0.2) is 11.7 Å². The average molecular weight is 238 g/mol. The van der Waals surface area contributed by atoms with E-state index in [-0.39, 0.29) is 0 Å². The Morgan fingerprint density at radius 3 is 2.65 bits per heavy atom. The number of nitrogens with zero attached hydrogens (tertiary/aromatic N) is 2. The molecule has 1 atom stereocenters. The number of aromatic nitrogens is 1. The SMILES string of the molecule is CN=C(NCc1cc(C)no1)NC(C)C(C)C. The van der Waals surface area contributed by atoms with Gasteiger partial charge in [-0.05, 0) is 19.8 Å². The van der Waals surface area contributed by atoms with Crippen molar-refractivity contribution in [1.82, 2.24) is 15.8 Å². The molecule has 5 heteroatoms. The van der Waals surface area contributed by atoms with Crippen LogP contribution in [0.25, 0.3) is 0 Å². The summed E-state index contributed by atoms with van der Waals surface area (Å²) in [7, 11) is 1.76. The first kappa shape index (κ1) is 13.5. The Hall–Kier alpha value is -1.52. The molecule has 0 saturated carbocycles. The van der Waals surface area contributed by atoms with Crippen molar-refractivity contribution < 1.29 is 4.52 Å². The molecule has 0 spiro atoms. The zero-order valence-electron chi connectivity index (χ0n) is 11.2. The molecule has 0 aliphatic rings. The standard InChI is InChI=1S/C12H22N4O/c1-8(2)10(4)15-12(13-5)14-7-11-6-9(3)16-17-11/h6,8,10H,7H2,1-5H3,(H2,13,14,15). The molecule has 0 aliphatic heterocycles. The number of hydrogen-bond acceptors (Lipinski definition) is 3. The second kappa shape index (κ2) is 6.27. The van der Waals surface area contributed by atoms with Crippen LogP contribution >= 0.6 is 0 Å². The van der Waals surface area contributed by atoms with E-state index < -0.39 is 0 Å². The van der Waals surface area contributed by atoms with E-state index in [1.165, 1.54) is 0 Å². The average Bonchev–Trinajstić information content (AvgIpc) is 2.69. The van der Waals surface area contributed by atoms with Crippen molar-refractivity contribution in [2.24, 2.45) is 10.9 Å². The summed E-state index contributed by atoms with van der Waals surface area (Å²) in [6.45, 7) is 8.97. The summed E-state index contributed by atoms with van der Waals surface area (Å²) in [5, 5.41) is 10.3. The monoisotopic (exact) mass is 238 g/mol. The first-order valence-corrected chi connectivity index (χ1v) is 5.92. The van der Waals surface area contributed by atoms with Gasteiger partial charge in [0.05, 0.1) is 12.2 Å². The normalized spacial score (nSPS) is 13.9. The Morgan fingerprint density at radius 1 is 1.47 bits per heavy atom. The molecule has 0 aliphatic carbocycles. The van der Waals surface area contributed by atoms with E-state index >= 15 is 0 Å². The number of guanidine groups is 1. The first-order chi connectivity index (χ1) is 8.02. The van der Waals surface area contributed by atoms with Crippen LogP contribution in [0, 0.1) is 12.8 Å². The summed E-state index contributed by atoms with van der Waals surface area (Å²) < 4.78 is 5.12. The number of hydrogen-bond donors (Lipinski definition) is 2. The van der Waals surface area contributed by atoms with Gasteiger partial charge in [0.25, 0.3) is 0 Å². The lowest BCUT2D eigenvalue weighted by atomic mass is 10.1. The highest BCUT2D eigenvalue weighted by molar-refractivity contribution is 5.79. The number of aliphatic imine (C=N–C) groups is 1. The van der Waals surface area contributed by atoms with Gasteiger partial charge in [-0.15, -0.1) is 0 Å². The zero-order valence-corrected chi connectivity index (χ0v) is 11.2. The van der Waals surface area contributed by atoms with Gasteiger partial charge in [-0.3, -0.25) is 4.99 Å². The highest BCUT2D eigenvalue weighted by Gasteiger charge is 2.09. The lowest BCUT2D eigenvalue weighted by Gasteiger charge is -2.20. The Bertz CT molecular complexity index is 370. The predicted molar refractivity (Wildman–Crippen MR) is 68.9 cm³/mol. The molecule has 2 N–H and O–H groups in total. The Morgan fingerprint density at radius 2 is 2.18 bits per heavy atom. The Kier molecular flexibility index (Phi) is 5.00. The second-order valence-electron chi connectivity index (χ2n) is 4.54. The van der Waals surface area contributed by atoms with Crippen molar-refractivity contribution in [3.8, 4) is 0 Å². The molecule has 1 rings (SSSR count). The summed E-state index contributed by atoms with van der Waals surface area (Å²) in [4.78, 5) is 4.16. The van der Waals surface area contributed by atoms with Gasteiger partial charge in [-0.2, -0.15) is 0 Å². The maximum atomic E-state index is 5.12. The molecule has 5 nitrogen and oxygen atoms in total. The molecule has 17 heavy (non-hydrogen) atoms. The topological polar surface area (TPSA) is 62.5 Å². The van der Waals surface area contributed by atoms with E-state index in [2.05, 4.69) is 41.6 Å². The third-order valence-electron chi connectivity index (χ3n) is 2.69. The Labute approximate surface area is 103 Å². The number of aryl methyl sites for hydroxylation is 1.